The van der Waals surface area contributed by atoms with E-state index in [0.717, 1.165) is 30.6 Å². The summed E-state index contributed by atoms with van der Waals surface area (Å²) in [5.41, 5.74) is 3.93. The number of nitroso groups, excluding NO2 is 1. The molecule has 0 fully saturated rings. The van der Waals surface area contributed by atoms with Gasteiger partial charge in [0.05, 0.1) is 30.7 Å². The van der Waals surface area contributed by atoms with E-state index in [1.165, 1.54) is 19.3 Å². The molecular formula is C24H36N2O4S. The van der Waals surface area contributed by atoms with Crippen molar-refractivity contribution in [3.63, 3.8) is 0 Å². The molecule has 31 heavy (non-hydrogen) atoms. The lowest BCUT2D eigenvalue weighted by molar-refractivity contribution is 0.388. The zero-order chi connectivity index (χ0) is 22.8. The van der Waals surface area contributed by atoms with Gasteiger partial charge in [-0.1, -0.05) is 46.5 Å². The molecule has 0 heterocycles. The van der Waals surface area contributed by atoms with E-state index >= 15 is 0 Å². The number of thioether (sulfide) groups is 1. The van der Waals surface area contributed by atoms with Gasteiger partial charge in [-0.2, -0.15) is 11.8 Å². The Bertz CT molecular complexity index is 857. The van der Waals surface area contributed by atoms with Gasteiger partial charge in [-0.25, -0.2) is 0 Å². The first-order chi connectivity index (χ1) is 15.0. The van der Waals surface area contributed by atoms with Crippen molar-refractivity contribution >= 4 is 33.9 Å². The minimum absolute atomic E-state index is 0.217. The lowest BCUT2D eigenvalue weighted by Gasteiger charge is -2.24. The average molecular weight is 449 g/mol. The fourth-order valence-electron chi connectivity index (χ4n) is 3.82. The second-order valence-corrected chi connectivity index (χ2v) is 9.49. The van der Waals surface area contributed by atoms with Crippen LogP contribution in [0.3, 0.4) is 0 Å². The number of nitrogens with one attached hydrogen (secondary N) is 1. The lowest BCUT2D eigenvalue weighted by Crippen LogP contribution is -2.04. The highest BCUT2D eigenvalue weighted by molar-refractivity contribution is 7.99. The molecule has 0 radical (unpaired) electrons. The summed E-state index contributed by atoms with van der Waals surface area (Å²) in [6, 6.07) is 5.19. The molecule has 0 bridgehead atoms. The Hall–Kier alpha value is -1.99. The second kappa shape index (κ2) is 12.8. The van der Waals surface area contributed by atoms with Crippen molar-refractivity contribution in [1.82, 2.24) is 0 Å². The molecule has 172 valence electrons. The van der Waals surface area contributed by atoms with Crippen molar-refractivity contribution in [2.45, 2.75) is 64.5 Å². The monoisotopic (exact) mass is 448 g/mol. The van der Waals surface area contributed by atoms with Crippen molar-refractivity contribution in [3.8, 4) is 11.5 Å². The zero-order valence-electron chi connectivity index (χ0n) is 19.4. The number of nitrogens with zero attached hydrogens (tertiary/aromatic N) is 1. The van der Waals surface area contributed by atoms with Crippen LogP contribution in [0.2, 0.25) is 0 Å². The largest absolute Gasteiger partial charge is 0.496 e. The standard InChI is InChI=1S/C24H36N2O4S/c1-6-7-8-9-10-21(31-14-13-16(2)3)17-15-20(29-4)22-18(25-27)11-12-19(26-28)23(22)24(17)30-5/h11-12,15-16,21,25,27H,6-10,13-14H2,1-5H3. The zero-order valence-corrected chi connectivity index (χ0v) is 20.2. The van der Waals surface area contributed by atoms with Gasteiger partial charge in [0.25, 0.3) is 0 Å². The second-order valence-electron chi connectivity index (χ2n) is 8.18. The van der Waals surface area contributed by atoms with Crippen LogP contribution in [-0.2, 0) is 0 Å². The number of unbranched alkanes of at least 4 members (excludes halogenated alkanes) is 3. The predicted octanol–water partition coefficient (Wildman–Crippen LogP) is 7.85. The van der Waals surface area contributed by atoms with Crippen molar-refractivity contribution in [1.29, 1.82) is 0 Å². The number of rotatable bonds is 14. The first-order valence-electron chi connectivity index (χ1n) is 11.1. The Morgan fingerprint density at radius 2 is 1.87 bits per heavy atom. The van der Waals surface area contributed by atoms with Crippen LogP contribution >= 0.6 is 11.8 Å². The minimum Gasteiger partial charge on any atom is -0.496 e. The summed E-state index contributed by atoms with van der Waals surface area (Å²) >= 11 is 1.93. The van der Waals surface area contributed by atoms with E-state index in [1.807, 2.05) is 17.8 Å². The summed E-state index contributed by atoms with van der Waals surface area (Å²) in [6.45, 7) is 6.69. The Morgan fingerprint density at radius 1 is 1.10 bits per heavy atom. The van der Waals surface area contributed by atoms with E-state index in [1.54, 1.807) is 26.4 Å². The molecule has 0 aliphatic carbocycles. The third-order valence-electron chi connectivity index (χ3n) is 5.53. The van der Waals surface area contributed by atoms with Crippen LogP contribution < -0.4 is 15.0 Å². The summed E-state index contributed by atoms with van der Waals surface area (Å²) in [7, 11) is 3.21. The van der Waals surface area contributed by atoms with Crippen molar-refractivity contribution in [3.05, 3.63) is 28.7 Å². The molecule has 1 unspecified atom stereocenters. The Morgan fingerprint density at radius 3 is 2.45 bits per heavy atom. The van der Waals surface area contributed by atoms with Crippen LogP contribution in [0.4, 0.5) is 11.4 Å². The summed E-state index contributed by atoms with van der Waals surface area (Å²) in [5, 5.41) is 14.2. The van der Waals surface area contributed by atoms with Crippen molar-refractivity contribution < 1.29 is 14.7 Å². The number of methoxy groups -OCH3 is 2. The van der Waals surface area contributed by atoms with Crippen molar-refractivity contribution in [2.75, 3.05) is 25.5 Å². The molecule has 7 heteroatoms. The van der Waals surface area contributed by atoms with Gasteiger partial charge in [-0.3, -0.25) is 10.7 Å². The molecule has 0 aromatic heterocycles. The van der Waals surface area contributed by atoms with E-state index in [-0.39, 0.29) is 10.9 Å². The lowest BCUT2D eigenvalue weighted by atomic mass is 9.97. The summed E-state index contributed by atoms with van der Waals surface area (Å²) < 4.78 is 11.5. The van der Waals surface area contributed by atoms with Gasteiger partial charge >= 0.3 is 0 Å². The minimum atomic E-state index is 0.217. The Kier molecular flexibility index (Phi) is 10.4. The topological polar surface area (TPSA) is 80.1 Å². The first-order valence-corrected chi connectivity index (χ1v) is 12.1. The molecule has 0 aliphatic rings. The van der Waals surface area contributed by atoms with Crippen LogP contribution in [0, 0.1) is 10.8 Å². The van der Waals surface area contributed by atoms with E-state index < -0.39 is 0 Å². The van der Waals surface area contributed by atoms with E-state index in [0.29, 0.717) is 33.9 Å². The van der Waals surface area contributed by atoms with Crippen LogP contribution in [0.1, 0.15) is 70.1 Å². The summed E-state index contributed by atoms with van der Waals surface area (Å²) in [6.07, 6.45) is 6.92. The van der Waals surface area contributed by atoms with Crippen LogP contribution in [0.25, 0.3) is 10.8 Å². The molecule has 0 amide bonds. The molecule has 0 saturated heterocycles. The maximum absolute atomic E-state index is 11.6. The summed E-state index contributed by atoms with van der Waals surface area (Å²) in [4.78, 5) is 11.6. The number of ether oxygens (including phenoxy) is 2. The Balaban J connectivity index is 2.62. The number of hydrogen-bond acceptors (Lipinski definition) is 7. The molecule has 1 atom stereocenters. The number of benzene rings is 2. The highest BCUT2D eigenvalue weighted by Gasteiger charge is 2.25. The molecule has 0 aliphatic heterocycles. The third kappa shape index (κ3) is 6.26. The number of hydrogen-bond donors (Lipinski definition) is 2. The fourth-order valence-corrected chi connectivity index (χ4v) is 5.40. The van der Waals surface area contributed by atoms with Gasteiger partial charge in [0.15, 0.2) is 0 Å². The number of anilines is 1. The van der Waals surface area contributed by atoms with Gasteiger partial charge in [0.2, 0.25) is 0 Å². The molecule has 2 N–H and O–H groups in total. The van der Waals surface area contributed by atoms with Gasteiger partial charge in [0, 0.05) is 10.8 Å². The molecule has 2 aromatic rings. The molecule has 2 aromatic carbocycles. The highest BCUT2D eigenvalue weighted by atomic mass is 32.2. The first kappa shape index (κ1) is 25.3. The van der Waals surface area contributed by atoms with E-state index in [4.69, 9.17) is 9.47 Å². The maximum Gasteiger partial charge on any atom is 0.133 e. The smallest absolute Gasteiger partial charge is 0.133 e. The quantitative estimate of drug-likeness (QED) is 0.174. The molecule has 0 spiro atoms. The predicted molar refractivity (Wildman–Crippen MR) is 131 cm³/mol. The molecular weight excluding hydrogens is 412 g/mol. The van der Waals surface area contributed by atoms with Crippen LogP contribution in [-0.4, -0.2) is 25.2 Å². The van der Waals surface area contributed by atoms with Gasteiger partial charge in [-0.05, 0) is 47.9 Å². The van der Waals surface area contributed by atoms with Crippen LogP contribution in [0.15, 0.2) is 23.4 Å². The number of fused-ring (bicyclic) bond motifs is 1. The maximum atomic E-state index is 11.6. The summed E-state index contributed by atoms with van der Waals surface area (Å²) in [5.74, 6) is 2.90. The molecule has 6 nitrogen and oxygen atoms in total. The SMILES string of the molecule is CCCCCCC(SCCC(C)C)c1cc(OC)c2c(NO)ccc(N=O)c2c1OC. The Labute approximate surface area is 190 Å². The van der Waals surface area contributed by atoms with E-state index in [2.05, 4.69) is 31.4 Å². The fraction of sp³-hybridized carbons (Fsp3) is 0.583. The van der Waals surface area contributed by atoms with Crippen LogP contribution in [0.5, 0.6) is 11.5 Å². The molecule has 2 rings (SSSR count). The van der Waals surface area contributed by atoms with Gasteiger partial charge in [-0.15, -0.1) is 4.91 Å². The third-order valence-corrected chi connectivity index (χ3v) is 6.89. The van der Waals surface area contributed by atoms with Gasteiger partial charge in [0.1, 0.15) is 17.2 Å². The van der Waals surface area contributed by atoms with Crippen molar-refractivity contribution in [2.24, 2.45) is 11.1 Å². The molecule has 0 saturated carbocycles. The van der Waals surface area contributed by atoms with Gasteiger partial charge < -0.3 is 9.47 Å². The van der Waals surface area contributed by atoms with E-state index in [9.17, 15) is 10.1 Å². The average Bonchev–Trinajstić information content (AvgIpc) is 2.78. The highest BCUT2D eigenvalue weighted by Crippen LogP contribution is 2.50. The normalized spacial score (nSPS) is 12.2.